The smallest absolute Gasteiger partial charge is 0.344 e. The van der Waals surface area contributed by atoms with Crippen LogP contribution >= 0.6 is 0 Å². The summed E-state index contributed by atoms with van der Waals surface area (Å²) in [5.41, 5.74) is -5.92. The highest BCUT2D eigenvalue weighted by molar-refractivity contribution is 7.86. The molecule has 0 aliphatic heterocycles. The molecule has 0 heterocycles. The van der Waals surface area contributed by atoms with Crippen molar-refractivity contribution in [3.05, 3.63) is 0 Å². The molecule has 0 aliphatic carbocycles. The fourth-order valence-electron chi connectivity index (χ4n) is 1.64. The highest BCUT2D eigenvalue weighted by Crippen LogP contribution is 2.61. The van der Waals surface area contributed by atoms with Gasteiger partial charge >= 0.3 is 45.7 Å². The van der Waals surface area contributed by atoms with Crippen LogP contribution in [-0.4, -0.2) is 72.8 Å². The molecule has 4 N–H and O–H groups in total. The Balaban J connectivity index is 0. The molecule has 0 spiro atoms. The molecule has 196 valence electrons. The first-order valence-corrected chi connectivity index (χ1v) is 8.11. The van der Waals surface area contributed by atoms with E-state index >= 15 is 0 Å². The van der Waals surface area contributed by atoms with Crippen LogP contribution in [0.15, 0.2) is 0 Å². The first-order valence-electron chi connectivity index (χ1n) is 6.60. The second-order valence-corrected chi connectivity index (χ2v) is 7.00. The Hall–Kier alpha value is -1.32. The van der Waals surface area contributed by atoms with E-state index in [-0.39, 0.29) is 6.15 Å². The lowest BCUT2D eigenvalue weighted by Gasteiger charge is -2.42. The second-order valence-electron chi connectivity index (χ2n) is 5.56. The third-order valence-corrected chi connectivity index (χ3v) is 4.25. The minimum absolute atomic E-state index is 0. The van der Waals surface area contributed by atoms with Gasteiger partial charge in [-0.1, -0.05) is 0 Å². The summed E-state index contributed by atoms with van der Waals surface area (Å²) in [6.07, 6.45) is -15.9. The topological polar surface area (TPSA) is 89.4 Å². The standard InChI is InChI=1S/C10H5F17O3S.H3N/c11-1(3(13)14)2(12)5(16,17)7(20,21)9(24,25)10(26,27)8(22,23)6(18,19)4(15)31(28,29)30;/h1-4H,(H,28,29,30);1H3. The van der Waals surface area contributed by atoms with Crippen LogP contribution in [0, 0.1) is 0 Å². The van der Waals surface area contributed by atoms with Crippen molar-refractivity contribution in [2.24, 2.45) is 0 Å². The zero-order valence-corrected chi connectivity index (χ0v) is 14.9. The largest absolute Gasteiger partial charge is 0.384 e. The Morgan fingerprint density at radius 3 is 1.09 bits per heavy atom. The molecule has 0 bridgehead atoms. The van der Waals surface area contributed by atoms with Crippen molar-refractivity contribution in [1.29, 1.82) is 0 Å². The van der Waals surface area contributed by atoms with Gasteiger partial charge in [-0.05, 0) is 0 Å². The normalized spacial score (nSPS) is 18.2. The fraction of sp³-hybridized carbons (Fsp3) is 1.00. The molecule has 0 saturated carbocycles. The van der Waals surface area contributed by atoms with E-state index < -0.39 is 69.9 Å². The van der Waals surface area contributed by atoms with Crippen molar-refractivity contribution >= 4 is 10.1 Å². The molecule has 3 atom stereocenters. The Morgan fingerprint density at radius 2 is 0.844 bits per heavy atom. The fourth-order valence-corrected chi connectivity index (χ4v) is 2.17. The molecule has 4 nitrogen and oxygen atoms in total. The number of hydrogen-bond donors (Lipinski definition) is 2. The summed E-state index contributed by atoms with van der Waals surface area (Å²) in [4.78, 5) is 0. The van der Waals surface area contributed by atoms with Crippen LogP contribution in [-0.2, 0) is 10.1 Å². The van der Waals surface area contributed by atoms with Gasteiger partial charge in [-0.15, -0.1) is 0 Å². The van der Waals surface area contributed by atoms with Gasteiger partial charge in [-0.3, -0.25) is 4.55 Å². The Labute approximate surface area is 165 Å². The van der Waals surface area contributed by atoms with Crippen LogP contribution in [0.25, 0.3) is 0 Å². The van der Waals surface area contributed by atoms with Gasteiger partial charge < -0.3 is 6.15 Å². The maximum absolute atomic E-state index is 13.3. The van der Waals surface area contributed by atoms with E-state index in [1.54, 1.807) is 0 Å². The van der Waals surface area contributed by atoms with Gasteiger partial charge in [0.2, 0.25) is 6.17 Å². The van der Waals surface area contributed by atoms with E-state index in [2.05, 4.69) is 0 Å². The zero-order valence-electron chi connectivity index (χ0n) is 14.1. The first-order chi connectivity index (χ1) is 13.2. The SMILES string of the molecule is N.O=S(=O)(O)C(F)C(F)(F)C(F)(F)C(F)(F)C(F)(F)C(F)(F)C(F)(F)C(F)C(F)C(F)F. The van der Waals surface area contributed by atoms with Crippen LogP contribution in [0.5, 0.6) is 0 Å². The van der Waals surface area contributed by atoms with Crippen molar-refractivity contribution in [2.75, 3.05) is 0 Å². The zero-order chi connectivity index (χ0) is 25.8. The molecular formula is C10H8F17NO3S. The minimum Gasteiger partial charge on any atom is -0.344 e. The van der Waals surface area contributed by atoms with Crippen molar-refractivity contribution in [3.8, 4) is 0 Å². The third kappa shape index (κ3) is 4.53. The van der Waals surface area contributed by atoms with Gasteiger partial charge in [-0.25, -0.2) is 22.0 Å². The average Bonchev–Trinajstić information content (AvgIpc) is 2.57. The summed E-state index contributed by atoms with van der Waals surface area (Å²) in [7, 11) is -7.15. The summed E-state index contributed by atoms with van der Waals surface area (Å²) in [5, 5.41) is 0. The molecule has 0 rings (SSSR count). The lowest BCUT2D eigenvalue weighted by Crippen LogP contribution is -2.73. The van der Waals surface area contributed by atoms with Crippen molar-refractivity contribution in [1.82, 2.24) is 6.15 Å². The van der Waals surface area contributed by atoms with E-state index in [1.807, 2.05) is 0 Å². The van der Waals surface area contributed by atoms with E-state index in [4.69, 9.17) is 4.55 Å². The lowest BCUT2D eigenvalue weighted by molar-refractivity contribution is -0.432. The molecule has 0 aromatic rings. The molecule has 32 heavy (non-hydrogen) atoms. The van der Waals surface area contributed by atoms with Gasteiger partial charge in [0.1, 0.15) is 0 Å². The Morgan fingerprint density at radius 1 is 0.562 bits per heavy atom. The van der Waals surface area contributed by atoms with Gasteiger partial charge in [0.25, 0.3) is 11.9 Å². The van der Waals surface area contributed by atoms with E-state index in [1.165, 1.54) is 0 Å². The molecule has 0 amide bonds. The van der Waals surface area contributed by atoms with Crippen LogP contribution in [0.3, 0.4) is 0 Å². The molecule has 0 fully saturated rings. The molecule has 3 unspecified atom stereocenters. The van der Waals surface area contributed by atoms with Crippen LogP contribution in [0.1, 0.15) is 0 Å². The molecular weight excluding hydrogens is 537 g/mol. The second kappa shape index (κ2) is 8.80. The summed E-state index contributed by atoms with van der Waals surface area (Å²) in [5.74, 6) is -49.4. The summed E-state index contributed by atoms with van der Waals surface area (Å²) in [6.45, 7) is 0. The highest BCUT2D eigenvalue weighted by atomic mass is 32.2. The molecule has 22 heteroatoms. The highest BCUT2D eigenvalue weighted by Gasteiger charge is 2.92. The van der Waals surface area contributed by atoms with Gasteiger partial charge in [0.15, 0.2) is 6.17 Å². The van der Waals surface area contributed by atoms with Gasteiger partial charge in [0.05, 0.1) is 0 Å². The molecule has 0 aliphatic rings. The summed E-state index contributed by atoms with van der Waals surface area (Å²) in [6, 6.07) is 0. The van der Waals surface area contributed by atoms with E-state index in [9.17, 15) is 83.1 Å². The van der Waals surface area contributed by atoms with Crippen LogP contribution in [0.4, 0.5) is 74.6 Å². The summed E-state index contributed by atoms with van der Waals surface area (Å²) >= 11 is 0. The van der Waals surface area contributed by atoms with Gasteiger partial charge in [0, 0.05) is 0 Å². The summed E-state index contributed by atoms with van der Waals surface area (Å²) < 4.78 is 248. The Kier molecular flexibility index (Phi) is 9.03. The first kappa shape index (κ1) is 32.9. The Bertz CT molecular complexity index is 754. The van der Waals surface area contributed by atoms with Crippen molar-refractivity contribution in [3.63, 3.8) is 0 Å². The molecule has 0 aromatic heterocycles. The number of hydrogen-bond acceptors (Lipinski definition) is 3. The van der Waals surface area contributed by atoms with Crippen LogP contribution in [0.2, 0.25) is 0 Å². The minimum atomic E-state index is -8.61. The quantitative estimate of drug-likeness (QED) is 0.296. The third-order valence-electron chi connectivity index (χ3n) is 3.43. The van der Waals surface area contributed by atoms with Gasteiger partial charge in [-0.2, -0.15) is 61.1 Å². The predicted molar refractivity (Wildman–Crippen MR) is 66.9 cm³/mol. The van der Waals surface area contributed by atoms with E-state index in [0.29, 0.717) is 0 Å². The average molecular weight is 545 g/mol. The molecule has 0 saturated heterocycles. The monoisotopic (exact) mass is 545 g/mol. The van der Waals surface area contributed by atoms with Crippen molar-refractivity contribution < 1.29 is 87.6 Å². The maximum atomic E-state index is 13.3. The molecule has 0 aromatic carbocycles. The number of rotatable bonds is 10. The van der Waals surface area contributed by atoms with Crippen LogP contribution < -0.4 is 6.15 Å². The van der Waals surface area contributed by atoms with Crippen molar-refractivity contribution in [2.45, 2.75) is 59.8 Å². The molecule has 0 radical (unpaired) electrons. The maximum Gasteiger partial charge on any atom is 0.384 e. The number of alkyl halides is 17. The van der Waals surface area contributed by atoms with E-state index in [0.717, 1.165) is 0 Å². The number of halogens is 17. The predicted octanol–water partition coefficient (Wildman–Crippen LogP) is 5.08. The lowest BCUT2D eigenvalue weighted by atomic mass is 9.89.